The van der Waals surface area contributed by atoms with Gasteiger partial charge in [-0.15, -0.1) is 0 Å². The number of anilines is 3. The van der Waals surface area contributed by atoms with Crippen LogP contribution < -0.4 is 9.80 Å². The molecule has 6 heterocycles. The van der Waals surface area contributed by atoms with Crippen molar-refractivity contribution in [2.45, 2.75) is 39.7 Å². The van der Waals surface area contributed by atoms with Gasteiger partial charge in [0.05, 0.1) is 36.1 Å². The number of benzene rings is 1. The zero-order valence-electron chi connectivity index (χ0n) is 25.0. The van der Waals surface area contributed by atoms with Crippen LogP contribution in [0.15, 0.2) is 36.4 Å². The first-order valence-electron chi connectivity index (χ1n) is 14.9. The first-order chi connectivity index (χ1) is 20.7. The maximum Gasteiger partial charge on any atom is 0.320 e. The molecule has 3 fully saturated rings. The largest absolute Gasteiger partial charge is 0.389 e. The number of aliphatic hydroxyl groups is 1. The maximum absolute atomic E-state index is 12.8. The first-order valence-corrected chi connectivity index (χ1v) is 15.7. The molecule has 3 aromatic heterocycles. The van der Waals surface area contributed by atoms with Gasteiger partial charge in [0.25, 0.3) is 0 Å². The van der Waals surface area contributed by atoms with Crippen LogP contribution in [0.2, 0.25) is 0 Å². The number of nitriles is 1. The summed E-state index contributed by atoms with van der Waals surface area (Å²) < 4.78 is 2.01. The van der Waals surface area contributed by atoms with Crippen LogP contribution in [0.5, 0.6) is 0 Å². The minimum atomic E-state index is -0.377. The van der Waals surface area contributed by atoms with Gasteiger partial charge in [0, 0.05) is 55.6 Å². The lowest BCUT2D eigenvalue weighted by Crippen LogP contribution is -2.60. The molecule has 0 radical (unpaired) electrons. The molecule has 4 aromatic rings. The molecule has 3 aliphatic rings. The maximum atomic E-state index is 12.8. The number of fused-ring (bicyclic) bond motifs is 1. The number of urea groups is 1. The fraction of sp³-hybridized carbons (Fsp3) is 0.438. The van der Waals surface area contributed by atoms with E-state index in [-0.39, 0.29) is 17.6 Å². The Hall–Kier alpha value is -4.14. The topological polar surface area (TPSA) is 104 Å². The van der Waals surface area contributed by atoms with Crippen molar-refractivity contribution in [1.29, 1.82) is 5.26 Å². The minimum absolute atomic E-state index is 0.0594. The highest BCUT2D eigenvalue weighted by Gasteiger charge is 2.50. The summed E-state index contributed by atoms with van der Waals surface area (Å²) in [5.41, 5.74) is 8.14. The number of aromatic nitrogens is 3. The van der Waals surface area contributed by atoms with E-state index in [4.69, 9.17) is 10.1 Å². The zero-order valence-corrected chi connectivity index (χ0v) is 25.9. The van der Waals surface area contributed by atoms with Gasteiger partial charge in [-0.1, -0.05) is 48.1 Å². The lowest BCUT2D eigenvalue weighted by Gasteiger charge is -2.49. The van der Waals surface area contributed by atoms with Crippen molar-refractivity contribution in [3.8, 4) is 17.3 Å². The lowest BCUT2D eigenvalue weighted by atomic mass is 9.78. The van der Waals surface area contributed by atoms with E-state index in [0.29, 0.717) is 23.7 Å². The van der Waals surface area contributed by atoms with Gasteiger partial charge in [0.15, 0.2) is 5.13 Å². The molecule has 11 heteroatoms. The Morgan fingerprint density at radius 2 is 1.91 bits per heavy atom. The quantitative estimate of drug-likeness (QED) is 0.360. The van der Waals surface area contributed by atoms with E-state index in [9.17, 15) is 15.2 Å². The van der Waals surface area contributed by atoms with Crippen LogP contribution in [-0.4, -0.2) is 88.0 Å². The molecule has 1 spiro atoms. The third-order valence-corrected chi connectivity index (χ3v) is 10.2. The number of pyridine rings is 1. The van der Waals surface area contributed by atoms with Crippen molar-refractivity contribution in [3.63, 3.8) is 0 Å². The molecule has 0 bridgehead atoms. The summed E-state index contributed by atoms with van der Waals surface area (Å²) >= 11 is 1.40. The van der Waals surface area contributed by atoms with Gasteiger partial charge in [-0.2, -0.15) is 10.4 Å². The van der Waals surface area contributed by atoms with Crippen molar-refractivity contribution in [2.75, 3.05) is 56.1 Å². The molecule has 0 aliphatic carbocycles. The van der Waals surface area contributed by atoms with Crippen LogP contribution >= 0.6 is 11.3 Å². The van der Waals surface area contributed by atoms with Crippen molar-refractivity contribution in [3.05, 3.63) is 58.2 Å². The number of hydrogen-bond donors (Lipinski definition) is 1. The highest BCUT2D eigenvalue weighted by Crippen LogP contribution is 2.44. The number of β-amino-alcohol motifs (C(OH)–C–C–N with tert-alkyl or cyclic N) is 1. The van der Waals surface area contributed by atoms with E-state index in [1.807, 2.05) is 47.7 Å². The summed E-state index contributed by atoms with van der Waals surface area (Å²) in [6, 6.07) is 15.0. The number of rotatable bonds is 5. The molecule has 7 rings (SSSR count). The molecule has 0 unspecified atom stereocenters. The van der Waals surface area contributed by atoms with E-state index in [1.165, 1.54) is 16.9 Å². The first kappa shape index (κ1) is 27.7. The Bertz CT molecular complexity index is 1760. The molecular formula is C32H36N8O2S. The molecule has 0 saturated carbocycles. The lowest BCUT2D eigenvalue weighted by molar-refractivity contribution is 0.0157. The normalized spacial score (nSPS) is 17.8. The smallest absolute Gasteiger partial charge is 0.320 e. The number of thiazole rings is 1. The SMILES string of the molecule is CCc1nn2c(C)cc(N3CC4(CCN(C(=O)N5CC(O)C5)C4)C3)cc2c1N(C)c1nc(-c2ccc(C)cc2)c(C#N)s1. The van der Waals surface area contributed by atoms with Crippen LogP contribution in [0.1, 0.15) is 35.2 Å². The van der Waals surface area contributed by atoms with Gasteiger partial charge in [-0.05, 0) is 38.8 Å². The van der Waals surface area contributed by atoms with Crippen LogP contribution in [-0.2, 0) is 6.42 Å². The molecule has 222 valence electrons. The fourth-order valence-electron chi connectivity index (χ4n) is 6.76. The molecule has 1 N–H and O–H groups in total. The number of hydrogen-bond acceptors (Lipinski definition) is 8. The number of amides is 2. The summed E-state index contributed by atoms with van der Waals surface area (Å²) in [5.74, 6) is 0. The number of carbonyl (C=O) groups excluding carboxylic acids is 1. The second kappa shape index (κ2) is 10.2. The van der Waals surface area contributed by atoms with Gasteiger partial charge in [-0.3, -0.25) is 0 Å². The summed E-state index contributed by atoms with van der Waals surface area (Å²) in [6.45, 7) is 10.5. The van der Waals surface area contributed by atoms with Crippen molar-refractivity contribution in [2.24, 2.45) is 5.41 Å². The van der Waals surface area contributed by atoms with Crippen molar-refractivity contribution in [1.82, 2.24) is 24.4 Å². The monoisotopic (exact) mass is 596 g/mol. The second-order valence-electron chi connectivity index (χ2n) is 12.4. The Morgan fingerprint density at radius 1 is 1.16 bits per heavy atom. The van der Waals surface area contributed by atoms with Crippen LogP contribution in [0.4, 0.5) is 21.3 Å². The number of aliphatic hydroxyl groups excluding tert-OH is 1. The summed E-state index contributed by atoms with van der Waals surface area (Å²) in [5, 5.41) is 25.3. The highest BCUT2D eigenvalue weighted by molar-refractivity contribution is 7.16. The molecule has 1 aromatic carbocycles. The van der Waals surface area contributed by atoms with Gasteiger partial charge < -0.3 is 24.7 Å². The number of nitrogens with zero attached hydrogens (tertiary/aromatic N) is 8. The van der Waals surface area contributed by atoms with Crippen LogP contribution in [0.3, 0.4) is 0 Å². The molecule has 43 heavy (non-hydrogen) atoms. The molecule has 3 saturated heterocycles. The number of aryl methyl sites for hydroxylation is 3. The Kier molecular flexibility index (Phi) is 6.59. The van der Waals surface area contributed by atoms with E-state index in [2.05, 4.69) is 41.8 Å². The second-order valence-corrected chi connectivity index (χ2v) is 13.4. The Balaban J connectivity index is 1.16. The predicted octanol–water partition coefficient (Wildman–Crippen LogP) is 4.59. The number of carbonyl (C=O) groups is 1. The molecule has 10 nitrogen and oxygen atoms in total. The average Bonchev–Trinajstić information content (AvgIpc) is 3.70. The molecular weight excluding hydrogens is 560 g/mol. The Labute approximate surface area is 255 Å². The zero-order chi connectivity index (χ0) is 30.0. The van der Waals surface area contributed by atoms with Gasteiger partial charge in [-0.25, -0.2) is 14.3 Å². The minimum Gasteiger partial charge on any atom is -0.389 e. The molecule has 0 atom stereocenters. The fourth-order valence-corrected chi connectivity index (χ4v) is 7.61. The van der Waals surface area contributed by atoms with Gasteiger partial charge in [0.1, 0.15) is 16.6 Å². The van der Waals surface area contributed by atoms with E-state index < -0.39 is 0 Å². The van der Waals surface area contributed by atoms with Crippen LogP contribution in [0, 0.1) is 30.6 Å². The van der Waals surface area contributed by atoms with Gasteiger partial charge >= 0.3 is 6.03 Å². The number of likely N-dealkylation sites (tertiary alicyclic amines) is 2. The van der Waals surface area contributed by atoms with Crippen molar-refractivity contribution >= 4 is 39.4 Å². The third-order valence-electron chi connectivity index (χ3n) is 9.20. The highest BCUT2D eigenvalue weighted by atomic mass is 32.1. The molecule has 3 aliphatic heterocycles. The summed E-state index contributed by atoms with van der Waals surface area (Å²) in [7, 11) is 2.01. The van der Waals surface area contributed by atoms with Crippen LogP contribution in [0.25, 0.3) is 16.8 Å². The standard InChI is InChI=1S/C32H36N8O2S/c1-5-25-29(36(4)30-34-28(27(14-33)43-30)22-8-6-20(2)7-9-22)26-13-23(12-21(3)40(26)35-25)39-18-32(19-39)10-11-37(17-32)31(42)38-15-24(41)16-38/h6-9,12-13,24,41H,5,10-11,15-19H2,1-4H3. The molecule has 2 amide bonds. The van der Waals surface area contributed by atoms with Crippen molar-refractivity contribution < 1.29 is 9.90 Å². The average molecular weight is 597 g/mol. The summed E-state index contributed by atoms with van der Waals surface area (Å²) in [6.07, 6.45) is 1.39. The third kappa shape index (κ3) is 4.60. The predicted molar refractivity (Wildman–Crippen MR) is 168 cm³/mol. The van der Waals surface area contributed by atoms with Gasteiger partial charge in [0.2, 0.25) is 0 Å². The van der Waals surface area contributed by atoms with E-state index >= 15 is 0 Å². The Morgan fingerprint density at radius 3 is 2.58 bits per heavy atom. The summed E-state index contributed by atoms with van der Waals surface area (Å²) in [4.78, 5) is 26.6. The van der Waals surface area contributed by atoms with E-state index in [0.717, 1.165) is 78.0 Å². The van der Waals surface area contributed by atoms with E-state index in [1.54, 1.807) is 4.90 Å².